The summed E-state index contributed by atoms with van der Waals surface area (Å²) in [5.41, 5.74) is 0.520. The average Bonchev–Trinajstić information content (AvgIpc) is 3.38. The monoisotopic (exact) mass is 442 g/mol. The van der Waals surface area contributed by atoms with E-state index in [1.165, 1.54) is 24.6 Å². The molecule has 0 bridgehead atoms. The third kappa shape index (κ3) is 4.56. The molecule has 3 heterocycles. The molecule has 9 nitrogen and oxygen atoms in total. The SMILES string of the molecule is CC(C)(O)[C@H](F)CNC(=O)c1cnc2cc(-c3cccnc3)nn2c1NC1CCC[C@H]1O. The molecule has 0 spiro atoms. The molecule has 4 N–H and O–H groups in total. The van der Waals surface area contributed by atoms with Crippen LogP contribution in [0.2, 0.25) is 0 Å². The fraction of sp³-hybridized carbons (Fsp3) is 0.455. The van der Waals surface area contributed by atoms with Crippen molar-refractivity contribution in [3.05, 3.63) is 42.4 Å². The van der Waals surface area contributed by atoms with Crippen LogP contribution < -0.4 is 10.6 Å². The van der Waals surface area contributed by atoms with E-state index in [0.717, 1.165) is 18.4 Å². The van der Waals surface area contributed by atoms with Gasteiger partial charge in [-0.25, -0.2) is 9.37 Å². The van der Waals surface area contributed by atoms with Gasteiger partial charge in [-0.05, 0) is 45.2 Å². The van der Waals surface area contributed by atoms with Crippen LogP contribution in [0.3, 0.4) is 0 Å². The number of alkyl halides is 1. The molecule has 10 heteroatoms. The summed E-state index contributed by atoms with van der Waals surface area (Å²) >= 11 is 0. The molecule has 0 aromatic carbocycles. The Bertz CT molecular complexity index is 1100. The van der Waals surface area contributed by atoms with Crippen LogP contribution in [0.5, 0.6) is 0 Å². The molecule has 1 fully saturated rings. The van der Waals surface area contributed by atoms with E-state index in [4.69, 9.17) is 0 Å². The minimum atomic E-state index is -1.64. The number of aliphatic hydroxyl groups excluding tert-OH is 1. The van der Waals surface area contributed by atoms with Gasteiger partial charge in [-0.3, -0.25) is 9.78 Å². The number of nitrogens with one attached hydrogen (secondary N) is 2. The van der Waals surface area contributed by atoms with E-state index in [1.807, 2.05) is 6.07 Å². The second-order valence-electron chi connectivity index (χ2n) is 8.64. The predicted molar refractivity (Wildman–Crippen MR) is 117 cm³/mol. The molecule has 3 atom stereocenters. The van der Waals surface area contributed by atoms with Crippen molar-refractivity contribution < 1.29 is 19.4 Å². The zero-order valence-electron chi connectivity index (χ0n) is 18.0. The van der Waals surface area contributed by atoms with Crippen molar-refractivity contribution >= 4 is 17.4 Å². The van der Waals surface area contributed by atoms with Gasteiger partial charge in [0.1, 0.15) is 17.6 Å². The normalized spacial score (nSPS) is 19.8. The van der Waals surface area contributed by atoms with Gasteiger partial charge in [0.25, 0.3) is 5.91 Å². The minimum Gasteiger partial charge on any atom is -0.391 e. The number of aromatic nitrogens is 4. The number of nitrogens with zero attached hydrogens (tertiary/aromatic N) is 4. The molecule has 170 valence electrons. The molecule has 0 aliphatic heterocycles. The zero-order valence-corrected chi connectivity index (χ0v) is 18.0. The van der Waals surface area contributed by atoms with Crippen molar-refractivity contribution in [2.75, 3.05) is 11.9 Å². The molecular weight excluding hydrogens is 415 g/mol. The third-order valence-corrected chi connectivity index (χ3v) is 5.70. The zero-order chi connectivity index (χ0) is 22.9. The lowest BCUT2D eigenvalue weighted by Gasteiger charge is -2.23. The summed E-state index contributed by atoms with van der Waals surface area (Å²) in [6.45, 7) is 2.33. The molecule has 3 aromatic heterocycles. The largest absolute Gasteiger partial charge is 0.391 e. The summed E-state index contributed by atoms with van der Waals surface area (Å²) in [7, 11) is 0. The van der Waals surface area contributed by atoms with Gasteiger partial charge < -0.3 is 20.8 Å². The summed E-state index contributed by atoms with van der Waals surface area (Å²) < 4.78 is 15.7. The van der Waals surface area contributed by atoms with Crippen molar-refractivity contribution in [1.82, 2.24) is 24.9 Å². The lowest BCUT2D eigenvalue weighted by molar-refractivity contribution is -0.00178. The maximum Gasteiger partial charge on any atom is 0.256 e. The second-order valence-corrected chi connectivity index (χ2v) is 8.64. The lowest BCUT2D eigenvalue weighted by atomic mass is 10.0. The first kappa shape index (κ1) is 22.1. The number of amides is 1. The van der Waals surface area contributed by atoms with E-state index in [-0.39, 0.29) is 18.2 Å². The number of pyridine rings is 1. The number of hydrogen-bond acceptors (Lipinski definition) is 7. The maximum atomic E-state index is 14.2. The Kier molecular flexibility index (Phi) is 6.07. The van der Waals surface area contributed by atoms with E-state index in [1.54, 1.807) is 24.5 Å². The Morgan fingerprint density at radius 2 is 2.19 bits per heavy atom. The number of aliphatic hydroxyl groups is 2. The first-order valence-corrected chi connectivity index (χ1v) is 10.6. The molecule has 1 unspecified atom stereocenters. The Labute approximate surface area is 184 Å². The van der Waals surface area contributed by atoms with E-state index < -0.39 is 23.8 Å². The predicted octanol–water partition coefficient (Wildman–Crippen LogP) is 1.96. The number of fused-ring (bicyclic) bond motifs is 1. The summed E-state index contributed by atoms with van der Waals surface area (Å²) in [6.07, 6.45) is 4.84. The Morgan fingerprint density at radius 3 is 2.84 bits per heavy atom. The highest BCUT2D eigenvalue weighted by Crippen LogP contribution is 2.27. The molecule has 1 aliphatic rings. The van der Waals surface area contributed by atoms with Gasteiger partial charge >= 0.3 is 0 Å². The maximum absolute atomic E-state index is 14.2. The number of anilines is 1. The summed E-state index contributed by atoms with van der Waals surface area (Å²) in [4.78, 5) is 21.4. The van der Waals surface area contributed by atoms with Crippen LogP contribution in [-0.4, -0.2) is 66.2 Å². The van der Waals surface area contributed by atoms with Gasteiger partial charge in [0.05, 0.1) is 30.0 Å². The molecule has 1 aliphatic carbocycles. The highest BCUT2D eigenvalue weighted by Gasteiger charge is 2.30. The molecule has 3 aromatic rings. The van der Waals surface area contributed by atoms with Gasteiger partial charge in [0, 0.05) is 30.2 Å². The Morgan fingerprint density at radius 1 is 1.38 bits per heavy atom. The fourth-order valence-electron chi connectivity index (χ4n) is 3.71. The molecule has 1 saturated carbocycles. The summed E-state index contributed by atoms with van der Waals surface area (Å²) in [5, 5.41) is 30.5. The van der Waals surface area contributed by atoms with Crippen molar-refractivity contribution in [2.24, 2.45) is 0 Å². The van der Waals surface area contributed by atoms with Crippen LogP contribution in [-0.2, 0) is 0 Å². The van der Waals surface area contributed by atoms with Crippen LogP contribution >= 0.6 is 0 Å². The number of hydrogen-bond donors (Lipinski definition) is 4. The smallest absolute Gasteiger partial charge is 0.256 e. The van der Waals surface area contributed by atoms with Crippen LogP contribution in [0.1, 0.15) is 43.5 Å². The molecule has 0 saturated heterocycles. The molecular formula is C22H27FN6O3. The first-order valence-electron chi connectivity index (χ1n) is 10.6. The average molecular weight is 442 g/mol. The van der Waals surface area contributed by atoms with Crippen molar-refractivity contribution in [1.29, 1.82) is 0 Å². The molecule has 0 radical (unpaired) electrons. The Hall–Kier alpha value is -3.11. The van der Waals surface area contributed by atoms with Gasteiger partial charge in [0.15, 0.2) is 5.65 Å². The van der Waals surface area contributed by atoms with Gasteiger partial charge in [-0.2, -0.15) is 9.61 Å². The number of halogens is 1. The third-order valence-electron chi connectivity index (χ3n) is 5.70. The topological polar surface area (TPSA) is 125 Å². The van der Waals surface area contributed by atoms with Gasteiger partial charge in [-0.1, -0.05) is 0 Å². The summed E-state index contributed by atoms with van der Waals surface area (Å²) in [6, 6.07) is 5.20. The van der Waals surface area contributed by atoms with Crippen LogP contribution in [0.25, 0.3) is 16.9 Å². The summed E-state index contributed by atoms with van der Waals surface area (Å²) in [5.74, 6) is -0.188. The fourth-order valence-corrected chi connectivity index (χ4v) is 3.71. The van der Waals surface area contributed by atoms with Crippen LogP contribution in [0.15, 0.2) is 36.8 Å². The van der Waals surface area contributed by atoms with Crippen molar-refractivity contribution in [2.45, 2.75) is 57.0 Å². The number of rotatable bonds is 7. The standard InChI is InChI=1S/C22H27FN6O3/c1-22(2,32)18(23)12-26-21(31)14-11-25-19-9-16(13-5-4-8-24-10-13)28-29(19)20(14)27-15-6-3-7-17(15)30/h4-5,8-11,15,17-18,27,30,32H,3,6-7,12H2,1-2H3,(H,26,31)/t15?,17-,18-/m1/s1. The minimum absolute atomic E-state index is 0.167. The molecule has 4 rings (SSSR count). The van der Waals surface area contributed by atoms with E-state index in [2.05, 4.69) is 25.7 Å². The Balaban J connectivity index is 1.70. The van der Waals surface area contributed by atoms with E-state index in [9.17, 15) is 19.4 Å². The van der Waals surface area contributed by atoms with E-state index in [0.29, 0.717) is 23.6 Å². The van der Waals surface area contributed by atoms with Crippen LogP contribution in [0.4, 0.5) is 10.2 Å². The number of carbonyl (C=O) groups is 1. The highest BCUT2D eigenvalue weighted by atomic mass is 19.1. The quantitative estimate of drug-likeness (QED) is 0.441. The highest BCUT2D eigenvalue weighted by molar-refractivity contribution is 5.99. The number of carbonyl (C=O) groups excluding carboxylic acids is 1. The van der Waals surface area contributed by atoms with E-state index >= 15 is 0 Å². The van der Waals surface area contributed by atoms with Crippen LogP contribution in [0, 0.1) is 0 Å². The first-order chi connectivity index (χ1) is 15.2. The molecule has 1 amide bonds. The molecule has 32 heavy (non-hydrogen) atoms. The second kappa shape index (κ2) is 8.79. The van der Waals surface area contributed by atoms with Gasteiger partial charge in [0.2, 0.25) is 0 Å². The lowest BCUT2D eigenvalue weighted by Crippen LogP contribution is -2.42. The van der Waals surface area contributed by atoms with Crippen molar-refractivity contribution in [3.63, 3.8) is 0 Å². The van der Waals surface area contributed by atoms with Crippen molar-refractivity contribution in [3.8, 4) is 11.3 Å². The van der Waals surface area contributed by atoms with Gasteiger partial charge in [-0.15, -0.1) is 0 Å².